The third-order valence-corrected chi connectivity index (χ3v) is 5.24. The van der Waals surface area contributed by atoms with Gasteiger partial charge in [0.1, 0.15) is 0 Å². The molecule has 0 bridgehead atoms. The van der Waals surface area contributed by atoms with Crippen molar-refractivity contribution in [2.45, 2.75) is 65.3 Å². The minimum Gasteiger partial charge on any atom is -0.394 e. The molecule has 1 aliphatic heterocycles. The fourth-order valence-corrected chi connectivity index (χ4v) is 3.53. The molecule has 27 heavy (non-hydrogen) atoms. The van der Waals surface area contributed by atoms with Gasteiger partial charge < -0.3 is 19.6 Å². The van der Waals surface area contributed by atoms with Crippen molar-refractivity contribution in [1.82, 2.24) is 24.8 Å². The van der Waals surface area contributed by atoms with E-state index in [2.05, 4.69) is 36.1 Å². The molecular formula is C19H35N5O3. The Kier molecular flexibility index (Phi) is 8.66. The maximum absolute atomic E-state index is 12.8. The van der Waals surface area contributed by atoms with Crippen LogP contribution in [0.5, 0.6) is 0 Å². The molecule has 154 valence electrons. The molecular weight excluding hydrogens is 346 g/mol. The summed E-state index contributed by atoms with van der Waals surface area (Å²) in [5.74, 6) is 0.220. The molecule has 1 amide bonds. The molecule has 0 unspecified atom stereocenters. The van der Waals surface area contributed by atoms with Crippen molar-refractivity contribution < 1.29 is 14.6 Å². The molecule has 1 aromatic rings. The second-order valence-corrected chi connectivity index (χ2v) is 7.72. The van der Waals surface area contributed by atoms with Gasteiger partial charge in [-0.3, -0.25) is 4.79 Å². The number of aromatic nitrogens is 3. The second kappa shape index (κ2) is 10.7. The second-order valence-electron chi connectivity index (χ2n) is 7.72. The lowest BCUT2D eigenvalue weighted by Gasteiger charge is -2.35. The summed E-state index contributed by atoms with van der Waals surface area (Å²) in [7, 11) is 2.10. The van der Waals surface area contributed by atoms with Gasteiger partial charge in [0.25, 0.3) is 0 Å². The van der Waals surface area contributed by atoms with Gasteiger partial charge in [-0.15, -0.1) is 5.10 Å². The highest BCUT2D eigenvalue weighted by Crippen LogP contribution is 2.18. The van der Waals surface area contributed by atoms with Crippen molar-refractivity contribution in [1.29, 1.82) is 0 Å². The summed E-state index contributed by atoms with van der Waals surface area (Å²) >= 11 is 0. The molecule has 1 N–H and O–H groups in total. The fourth-order valence-electron chi connectivity index (χ4n) is 3.53. The van der Waals surface area contributed by atoms with Crippen LogP contribution in [-0.2, 0) is 22.7 Å². The van der Waals surface area contributed by atoms with Crippen LogP contribution in [0.25, 0.3) is 0 Å². The smallest absolute Gasteiger partial charge is 0.222 e. The van der Waals surface area contributed by atoms with Crippen LogP contribution in [0.2, 0.25) is 0 Å². The van der Waals surface area contributed by atoms with Gasteiger partial charge in [0.05, 0.1) is 37.3 Å². The van der Waals surface area contributed by atoms with Crippen molar-refractivity contribution in [3.05, 3.63) is 11.9 Å². The van der Waals surface area contributed by atoms with Crippen molar-refractivity contribution in [2.75, 3.05) is 33.3 Å². The zero-order valence-corrected chi connectivity index (χ0v) is 17.2. The minimum atomic E-state index is -0.196. The molecule has 2 rings (SSSR count). The van der Waals surface area contributed by atoms with Crippen LogP contribution in [0.1, 0.15) is 45.7 Å². The maximum Gasteiger partial charge on any atom is 0.222 e. The van der Waals surface area contributed by atoms with E-state index in [1.807, 2.05) is 16.5 Å². The average Bonchev–Trinajstić information content (AvgIpc) is 3.08. The van der Waals surface area contributed by atoms with E-state index in [0.29, 0.717) is 32.5 Å². The Morgan fingerprint density at radius 3 is 2.96 bits per heavy atom. The van der Waals surface area contributed by atoms with Gasteiger partial charge in [-0.2, -0.15) is 0 Å². The van der Waals surface area contributed by atoms with E-state index in [9.17, 15) is 9.90 Å². The van der Waals surface area contributed by atoms with Crippen molar-refractivity contribution in [2.24, 2.45) is 5.92 Å². The Hall–Kier alpha value is -1.51. The number of hydrogen-bond donors (Lipinski definition) is 1. The number of nitrogens with zero attached hydrogens (tertiary/aromatic N) is 5. The Labute approximate surface area is 162 Å². The van der Waals surface area contributed by atoms with Crippen LogP contribution >= 0.6 is 0 Å². The van der Waals surface area contributed by atoms with Crippen molar-refractivity contribution >= 4 is 5.91 Å². The third kappa shape index (κ3) is 6.26. The molecule has 8 heteroatoms. The molecule has 0 saturated carbocycles. The number of carbonyl (C=O) groups is 1. The van der Waals surface area contributed by atoms with Crippen molar-refractivity contribution in [3.8, 4) is 0 Å². The number of likely N-dealkylation sites (N-methyl/N-ethyl adjacent to an activating group) is 1. The number of hydrogen-bond acceptors (Lipinski definition) is 6. The lowest BCUT2D eigenvalue weighted by Crippen LogP contribution is -2.47. The number of fused-ring (bicyclic) bond motifs is 1. The SMILES string of the molecule is CCCN(C)C[C@H]1OCc2cnnn2CCCC(=O)N([C@@H](C)CO)C[C@H]1C. The molecule has 1 aliphatic rings. The van der Waals surface area contributed by atoms with Crippen LogP contribution < -0.4 is 0 Å². The highest BCUT2D eigenvalue weighted by Gasteiger charge is 2.28. The number of amides is 1. The maximum atomic E-state index is 12.8. The molecule has 0 aromatic carbocycles. The first-order valence-electron chi connectivity index (χ1n) is 10.0. The molecule has 0 fully saturated rings. The molecule has 1 aromatic heterocycles. The standard InChI is InChI=1S/C19H35N5O3/c1-5-8-22(4)12-18-15(2)11-23(16(3)13-25)19(26)7-6-9-24-17(14-27-18)10-20-21-24/h10,15-16,18,25H,5-9,11-14H2,1-4H3/t15-,16+,18-/m1/s1. The number of aliphatic hydroxyl groups is 1. The van der Waals surface area contributed by atoms with Gasteiger partial charge in [-0.1, -0.05) is 19.1 Å². The summed E-state index contributed by atoms with van der Waals surface area (Å²) in [4.78, 5) is 16.9. The highest BCUT2D eigenvalue weighted by molar-refractivity contribution is 5.76. The van der Waals surface area contributed by atoms with E-state index in [0.717, 1.165) is 25.2 Å². The predicted octanol–water partition coefficient (Wildman–Crippen LogP) is 1.14. The summed E-state index contributed by atoms with van der Waals surface area (Å²) in [5.41, 5.74) is 0.943. The molecule has 3 atom stereocenters. The Morgan fingerprint density at radius 1 is 1.48 bits per heavy atom. The van der Waals surface area contributed by atoms with E-state index in [4.69, 9.17) is 4.74 Å². The van der Waals surface area contributed by atoms with Gasteiger partial charge in [0, 0.05) is 32.0 Å². The molecule has 0 spiro atoms. The summed E-state index contributed by atoms with van der Waals surface area (Å²) < 4.78 is 8.11. The normalized spacial score (nSPS) is 23.6. The van der Waals surface area contributed by atoms with E-state index in [1.165, 1.54) is 0 Å². The van der Waals surface area contributed by atoms with Crippen LogP contribution in [0, 0.1) is 5.92 Å². The first-order valence-corrected chi connectivity index (χ1v) is 10.0. The van der Waals surface area contributed by atoms with Gasteiger partial charge in [-0.25, -0.2) is 4.68 Å². The molecule has 0 saturated heterocycles. The molecule has 0 aliphatic carbocycles. The Morgan fingerprint density at radius 2 is 2.26 bits per heavy atom. The van der Waals surface area contributed by atoms with Crippen molar-refractivity contribution in [3.63, 3.8) is 0 Å². The quantitative estimate of drug-likeness (QED) is 0.796. The lowest BCUT2D eigenvalue weighted by atomic mass is 10.0. The van der Waals surface area contributed by atoms with Crippen LogP contribution in [0.15, 0.2) is 6.20 Å². The van der Waals surface area contributed by atoms with Gasteiger partial charge in [-0.05, 0) is 33.4 Å². The van der Waals surface area contributed by atoms with Crippen LogP contribution in [0.3, 0.4) is 0 Å². The van der Waals surface area contributed by atoms with E-state index in [-0.39, 0.29) is 30.6 Å². The Bertz CT molecular complexity index is 579. The monoisotopic (exact) mass is 381 g/mol. The molecule has 0 radical (unpaired) electrons. The lowest BCUT2D eigenvalue weighted by molar-refractivity contribution is -0.136. The number of aliphatic hydroxyl groups excluding tert-OH is 1. The van der Waals surface area contributed by atoms with E-state index >= 15 is 0 Å². The number of carbonyl (C=O) groups excluding carboxylic acids is 1. The van der Waals surface area contributed by atoms with Crippen LogP contribution in [-0.4, -0.2) is 81.2 Å². The zero-order chi connectivity index (χ0) is 19.8. The summed E-state index contributed by atoms with van der Waals surface area (Å²) in [6.07, 6.45) is 3.94. The summed E-state index contributed by atoms with van der Waals surface area (Å²) in [5, 5.41) is 17.7. The first-order chi connectivity index (χ1) is 13.0. The van der Waals surface area contributed by atoms with Crippen LogP contribution in [0.4, 0.5) is 0 Å². The topological polar surface area (TPSA) is 83.7 Å². The first kappa shape index (κ1) is 21.8. The van der Waals surface area contributed by atoms with E-state index < -0.39 is 0 Å². The number of aryl methyl sites for hydroxylation is 1. The predicted molar refractivity (Wildman–Crippen MR) is 103 cm³/mol. The minimum absolute atomic E-state index is 0.0227. The zero-order valence-electron chi connectivity index (χ0n) is 17.2. The number of rotatable bonds is 6. The molecule has 8 nitrogen and oxygen atoms in total. The Balaban J connectivity index is 2.21. The van der Waals surface area contributed by atoms with Gasteiger partial charge in [0.15, 0.2) is 0 Å². The third-order valence-electron chi connectivity index (χ3n) is 5.24. The highest BCUT2D eigenvalue weighted by atomic mass is 16.5. The largest absolute Gasteiger partial charge is 0.394 e. The number of ether oxygens (including phenoxy) is 1. The molecule has 2 heterocycles. The summed E-state index contributed by atoms with van der Waals surface area (Å²) in [6, 6.07) is -0.196. The van der Waals surface area contributed by atoms with Gasteiger partial charge >= 0.3 is 0 Å². The van der Waals surface area contributed by atoms with Gasteiger partial charge in [0.2, 0.25) is 5.91 Å². The van der Waals surface area contributed by atoms with E-state index in [1.54, 1.807) is 6.20 Å². The average molecular weight is 382 g/mol. The summed E-state index contributed by atoms with van der Waals surface area (Å²) in [6.45, 7) is 9.63. The fraction of sp³-hybridized carbons (Fsp3) is 0.842.